The van der Waals surface area contributed by atoms with Crippen LogP contribution in [0.15, 0.2) is 0 Å². The lowest BCUT2D eigenvalue weighted by Crippen LogP contribution is -2.37. The van der Waals surface area contributed by atoms with Crippen LogP contribution in [0.5, 0.6) is 0 Å². The molecule has 0 aliphatic heterocycles. The highest BCUT2D eigenvalue weighted by molar-refractivity contribution is 4.77. The maximum atomic E-state index is 5.04. The molecule has 0 bridgehead atoms. The Morgan fingerprint density at radius 2 is 1.89 bits per heavy atom. The summed E-state index contributed by atoms with van der Waals surface area (Å²) in [4.78, 5) is 2.75. The van der Waals surface area contributed by atoms with Crippen LogP contribution in [0.2, 0.25) is 0 Å². The Kier molecular flexibility index (Phi) is 9.48. The van der Waals surface area contributed by atoms with Crippen molar-refractivity contribution in [1.82, 2.24) is 10.2 Å². The molecule has 0 saturated heterocycles. The van der Waals surface area contributed by atoms with Gasteiger partial charge in [-0.15, -0.1) is 0 Å². The average molecular weight is 270 g/mol. The van der Waals surface area contributed by atoms with E-state index in [0.29, 0.717) is 0 Å². The molecule has 114 valence electrons. The van der Waals surface area contributed by atoms with Gasteiger partial charge < -0.3 is 15.0 Å². The number of ether oxygens (including phenoxy) is 1. The van der Waals surface area contributed by atoms with E-state index in [-0.39, 0.29) is 0 Å². The predicted molar refractivity (Wildman–Crippen MR) is 82.6 cm³/mol. The molecular formula is C16H34N2O. The average Bonchev–Trinajstić information content (AvgIpc) is 2.90. The highest BCUT2D eigenvalue weighted by Gasteiger charge is 2.21. The van der Waals surface area contributed by atoms with E-state index in [2.05, 4.69) is 24.1 Å². The van der Waals surface area contributed by atoms with Crippen molar-refractivity contribution in [1.29, 1.82) is 0 Å². The van der Waals surface area contributed by atoms with Crippen molar-refractivity contribution in [3.63, 3.8) is 0 Å². The second-order valence-electron chi connectivity index (χ2n) is 6.25. The zero-order valence-electron chi connectivity index (χ0n) is 13.3. The standard InChI is InChI=1S/C16H34N2O/c1-15(2)9-13-18(16-7-4-5-8-16)12-6-10-17-11-14-19-3/h15-17H,4-14H2,1-3H3. The smallest absolute Gasteiger partial charge is 0.0587 e. The van der Waals surface area contributed by atoms with Crippen LogP contribution in [0.4, 0.5) is 0 Å². The summed E-state index contributed by atoms with van der Waals surface area (Å²) < 4.78 is 5.04. The van der Waals surface area contributed by atoms with Crippen molar-refractivity contribution in [2.75, 3.05) is 39.9 Å². The van der Waals surface area contributed by atoms with Crippen LogP contribution in [-0.4, -0.2) is 50.8 Å². The van der Waals surface area contributed by atoms with Crippen molar-refractivity contribution >= 4 is 0 Å². The van der Waals surface area contributed by atoms with Crippen LogP contribution in [0.3, 0.4) is 0 Å². The molecule has 0 radical (unpaired) electrons. The number of rotatable bonds is 11. The van der Waals surface area contributed by atoms with Gasteiger partial charge in [0.2, 0.25) is 0 Å². The molecule has 0 aromatic heterocycles. The molecule has 0 unspecified atom stereocenters. The lowest BCUT2D eigenvalue weighted by atomic mass is 10.1. The molecule has 3 heteroatoms. The van der Waals surface area contributed by atoms with Gasteiger partial charge in [-0.1, -0.05) is 26.7 Å². The van der Waals surface area contributed by atoms with Gasteiger partial charge in [0, 0.05) is 19.7 Å². The van der Waals surface area contributed by atoms with Gasteiger partial charge in [0.15, 0.2) is 0 Å². The van der Waals surface area contributed by atoms with Gasteiger partial charge in [-0.2, -0.15) is 0 Å². The molecule has 0 atom stereocenters. The van der Waals surface area contributed by atoms with Crippen molar-refractivity contribution < 1.29 is 4.74 Å². The van der Waals surface area contributed by atoms with E-state index >= 15 is 0 Å². The van der Waals surface area contributed by atoms with E-state index in [9.17, 15) is 0 Å². The Bertz CT molecular complexity index is 203. The first-order chi connectivity index (χ1) is 9.24. The summed E-state index contributed by atoms with van der Waals surface area (Å²) in [6.07, 6.45) is 8.33. The van der Waals surface area contributed by atoms with Crippen LogP contribution in [0, 0.1) is 5.92 Å². The van der Waals surface area contributed by atoms with Gasteiger partial charge in [0.05, 0.1) is 6.61 Å². The SMILES string of the molecule is COCCNCCCN(CCC(C)C)C1CCCC1. The molecule has 0 spiro atoms. The third-order valence-corrected chi connectivity index (χ3v) is 4.12. The van der Waals surface area contributed by atoms with E-state index in [1.807, 2.05) is 0 Å². The molecule has 19 heavy (non-hydrogen) atoms. The highest BCUT2D eigenvalue weighted by atomic mass is 16.5. The van der Waals surface area contributed by atoms with Crippen molar-refractivity contribution in [3.8, 4) is 0 Å². The Morgan fingerprint density at radius 1 is 1.16 bits per heavy atom. The first kappa shape index (κ1) is 16.9. The molecule has 0 aromatic rings. The quantitative estimate of drug-likeness (QED) is 0.584. The molecule has 1 aliphatic rings. The van der Waals surface area contributed by atoms with Gasteiger partial charge in [-0.05, 0) is 51.2 Å². The van der Waals surface area contributed by atoms with E-state index in [4.69, 9.17) is 4.74 Å². The van der Waals surface area contributed by atoms with Gasteiger partial charge in [-0.3, -0.25) is 0 Å². The third kappa shape index (κ3) is 7.91. The Balaban J connectivity index is 2.16. The zero-order valence-corrected chi connectivity index (χ0v) is 13.3. The number of hydrogen-bond acceptors (Lipinski definition) is 3. The van der Waals surface area contributed by atoms with E-state index in [1.165, 1.54) is 51.6 Å². The molecule has 1 saturated carbocycles. The van der Waals surface area contributed by atoms with E-state index < -0.39 is 0 Å². The summed E-state index contributed by atoms with van der Waals surface area (Å²) in [6, 6.07) is 0.873. The van der Waals surface area contributed by atoms with Crippen LogP contribution in [-0.2, 0) is 4.74 Å². The van der Waals surface area contributed by atoms with Gasteiger partial charge in [-0.25, -0.2) is 0 Å². The first-order valence-electron chi connectivity index (χ1n) is 8.17. The molecule has 1 fully saturated rings. The second-order valence-corrected chi connectivity index (χ2v) is 6.25. The third-order valence-electron chi connectivity index (χ3n) is 4.12. The molecular weight excluding hydrogens is 236 g/mol. The molecule has 1 aliphatic carbocycles. The Hall–Kier alpha value is -0.120. The zero-order chi connectivity index (χ0) is 13.9. The Morgan fingerprint density at radius 3 is 2.53 bits per heavy atom. The summed E-state index contributed by atoms with van der Waals surface area (Å²) >= 11 is 0. The number of hydrogen-bond donors (Lipinski definition) is 1. The van der Waals surface area contributed by atoms with Crippen molar-refractivity contribution in [3.05, 3.63) is 0 Å². The number of methoxy groups -OCH3 is 1. The topological polar surface area (TPSA) is 24.5 Å². The summed E-state index contributed by atoms with van der Waals surface area (Å²) in [6.45, 7) is 10.1. The molecule has 1 rings (SSSR count). The van der Waals surface area contributed by atoms with Gasteiger partial charge >= 0.3 is 0 Å². The molecule has 3 nitrogen and oxygen atoms in total. The highest BCUT2D eigenvalue weighted by Crippen LogP contribution is 2.24. The van der Waals surface area contributed by atoms with Crippen LogP contribution in [0.1, 0.15) is 52.4 Å². The maximum Gasteiger partial charge on any atom is 0.0587 e. The minimum absolute atomic E-state index is 0.819. The van der Waals surface area contributed by atoms with Crippen molar-refractivity contribution in [2.45, 2.75) is 58.4 Å². The molecule has 0 aromatic carbocycles. The van der Waals surface area contributed by atoms with Crippen LogP contribution >= 0.6 is 0 Å². The lowest BCUT2D eigenvalue weighted by molar-refractivity contribution is 0.181. The normalized spacial score (nSPS) is 16.9. The first-order valence-corrected chi connectivity index (χ1v) is 8.17. The second kappa shape index (κ2) is 10.6. The molecule has 1 N–H and O–H groups in total. The Labute approximate surface area is 120 Å². The fourth-order valence-corrected chi connectivity index (χ4v) is 2.88. The van der Waals surface area contributed by atoms with Gasteiger partial charge in [0.25, 0.3) is 0 Å². The van der Waals surface area contributed by atoms with Gasteiger partial charge in [0.1, 0.15) is 0 Å². The minimum atomic E-state index is 0.819. The summed E-state index contributed by atoms with van der Waals surface area (Å²) in [5.41, 5.74) is 0. The molecule has 0 heterocycles. The fourth-order valence-electron chi connectivity index (χ4n) is 2.88. The lowest BCUT2D eigenvalue weighted by Gasteiger charge is -2.29. The minimum Gasteiger partial charge on any atom is -0.383 e. The fraction of sp³-hybridized carbons (Fsp3) is 1.00. The largest absolute Gasteiger partial charge is 0.383 e. The van der Waals surface area contributed by atoms with E-state index in [0.717, 1.165) is 31.7 Å². The van der Waals surface area contributed by atoms with Crippen LogP contribution < -0.4 is 5.32 Å². The van der Waals surface area contributed by atoms with E-state index in [1.54, 1.807) is 7.11 Å². The summed E-state index contributed by atoms with van der Waals surface area (Å²) in [7, 11) is 1.76. The monoisotopic (exact) mass is 270 g/mol. The van der Waals surface area contributed by atoms with Crippen molar-refractivity contribution in [2.24, 2.45) is 5.92 Å². The number of nitrogens with one attached hydrogen (secondary N) is 1. The number of nitrogens with zero attached hydrogens (tertiary/aromatic N) is 1. The molecule has 0 amide bonds. The summed E-state index contributed by atoms with van der Waals surface area (Å²) in [5.74, 6) is 0.823. The van der Waals surface area contributed by atoms with Crippen LogP contribution in [0.25, 0.3) is 0 Å². The summed E-state index contributed by atoms with van der Waals surface area (Å²) in [5, 5.41) is 3.45. The maximum absolute atomic E-state index is 5.04. The predicted octanol–water partition coefficient (Wildman–Crippen LogP) is 2.90.